The summed E-state index contributed by atoms with van der Waals surface area (Å²) in [5.74, 6) is 0. The third-order valence-electron chi connectivity index (χ3n) is 11.5. The van der Waals surface area contributed by atoms with Crippen LogP contribution in [-0.2, 0) is 0 Å². The Balaban J connectivity index is 1.07. The fourth-order valence-corrected chi connectivity index (χ4v) is 8.80. The summed E-state index contributed by atoms with van der Waals surface area (Å²) in [6.45, 7) is 0. The van der Waals surface area contributed by atoms with Gasteiger partial charge in [0.15, 0.2) is 0 Å². The molecular formula is C56H37NO. The fourth-order valence-electron chi connectivity index (χ4n) is 8.80. The Morgan fingerprint density at radius 3 is 1.36 bits per heavy atom. The molecule has 1 aromatic heterocycles. The predicted molar refractivity (Wildman–Crippen MR) is 245 cm³/mol. The van der Waals surface area contributed by atoms with Crippen LogP contribution in [0.15, 0.2) is 229 Å². The number of hydrogen-bond donors (Lipinski definition) is 0. The first-order valence-electron chi connectivity index (χ1n) is 19.8. The van der Waals surface area contributed by atoms with Crippen molar-refractivity contribution in [3.8, 4) is 44.5 Å². The van der Waals surface area contributed by atoms with Gasteiger partial charge in [-0.05, 0) is 109 Å². The van der Waals surface area contributed by atoms with Gasteiger partial charge >= 0.3 is 0 Å². The number of furan rings is 1. The van der Waals surface area contributed by atoms with Gasteiger partial charge in [0.25, 0.3) is 0 Å². The molecule has 0 atom stereocenters. The second kappa shape index (κ2) is 14.1. The van der Waals surface area contributed by atoms with E-state index in [-0.39, 0.29) is 0 Å². The zero-order chi connectivity index (χ0) is 38.4. The molecular weight excluding hydrogens is 703 g/mol. The summed E-state index contributed by atoms with van der Waals surface area (Å²) in [6, 6.07) is 80.6. The first-order chi connectivity index (χ1) is 28.8. The van der Waals surface area contributed by atoms with Crippen molar-refractivity contribution in [2.45, 2.75) is 0 Å². The van der Waals surface area contributed by atoms with E-state index in [1.807, 2.05) is 12.1 Å². The van der Waals surface area contributed by atoms with E-state index in [0.717, 1.165) is 44.6 Å². The summed E-state index contributed by atoms with van der Waals surface area (Å²) in [5.41, 5.74) is 14.6. The topological polar surface area (TPSA) is 16.4 Å². The molecule has 11 aromatic rings. The maximum atomic E-state index is 6.40. The molecule has 272 valence electrons. The first-order valence-corrected chi connectivity index (χ1v) is 19.8. The lowest BCUT2D eigenvalue weighted by molar-refractivity contribution is 0.669. The SMILES string of the molecule is c1ccc(-c2ccc(N(c3ccc(-c4ccccc4-c4c(-c5ccccc5)c5ccccc5c5ccccc45)cc3)c3ccc4c(c3)oc3ccccc34)cc2)cc1. The second-order valence-corrected chi connectivity index (χ2v) is 14.8. The number of nitrogens with zero attached hydrogens (tertiary/aromatic N) is 1. The highest BCUT2D eigenvalue weighted by molar-refractivity contribution is 6.22. The molecule has 1 heterocycles. The van der Waals surface area contributed by atoms with Crippen molar-refractivity contribution in [1.29, 1.82) is 0 Å². The predicted octanol–water partition coefficient (Wildman–Crippen LogP) is 16.0. The smallest absolute Gasteiger partial charge is 0.137 e. The number of hydrogen-bond acceptors (Lipinski definition) is 2. The quantitative estimate of drug-likeness (QED) is 0.151. The van der Waals surface area contributed by atoms with Crippen LogP contribution in [0, 0.1) is 0 Å². The number of para-hydroxylation sites is 1. The molecule has 0 saturated heterocycles. The van der Waals surface area contributed by atoms with Gasteiger partial charge in [0, 0.05) is 33.9 Å². The Morgan fingerprint density at radius 2 is 0.707 bits per heavy atom. The lowest BCUT2D eigenvalue weighted by Crippen LogP contribution is -2.09. The van der Waals surface area contributed by atoms with E-state index in [4.69, 9.17) is 4.42 Å². The van der Waals surface area contributed by atoms with E-state index >= 15 is 0 Å². The van der Waals surface area contributed by atoms with Crippen LogP contribution >= 0.6 is 0 Å². The molecule has 0 aliphatic heterocycles. The molecule has 0 unspecified atom stereocenters. The van der Waals surface area contributed by atoms with Crippen LogP contribution in [0.2, 0.25) is 0 Å². The Hall–Kier alpha value is -7.68. The highest BCUT2D eigenvalue weighted by Gasteiger charge is 2.21. The minimum Gasteiger partial charge on any atom is -0.456 e. The van der Waals surface area contributed by atoms with Crippen molar-refractivity contribution in [2.24, 2.45) is 0 Å². The minimum atomic E-state index is 0.868. The summed E-state index contributed by atoms with van der Waals surface area (Å²) in [7, 11) is 0. The highest BCUT2D eigenvalue weighted by atomic mass is 16.3. The number of fused-ring (bicyclic) bond motifs is 6. The van der Waals surface area contributed by atoms with Crippen molar-refractivity contribution in [3.05, 3.63) is 224 Å². The van der Waals surface area contributed by atoms with Crippen molar-refractivity contribution >= 4 is 60.5 Å². The van der Waals surface area contributed by atoms with Gasteiger partial charge in [0.1, 0.15) is 11.2 Å². The van der Waals surface area contributed by atoms with Crippen LogP contribution in [-0.4, -0.2) is 0 Å². The molecule has 0 aliphatic rings. The molecule has 0 spiro atoms. The van der Waals surface area contributed by atoms with Crippen LogP contribution in [0.1, 0.15) is 0 Å². The highest BCUT2D eigenvalue weighted by Crippen LogP contribution is 2.47. The van der Waals surface area contributed by atoms with Crippen LogP contribution in [0.3, 0.4) is 0 Å². The summed E-state index contributed by atoms with van der Waals surface area (Å²) in [5, 5.41) is 7.26. The van der Waals surface area contributed by atoms with Crippen LogP contribution in [0.4, 0.5) is 17.1 Å². The van der Waals surface area contributed by atoms with E-state index < -0.39 is 0 Å². The van der Waals surface area contributed by atoms with E-state index in [0.29, 0.717) is 0 Å². The largest absolute Gasteiger partial charge is 0.456 e. The van der Waals surface area contributed by atoms with Gasteiger partial charge in [-0.25, -0.2) is 0 Å². The van der Waals surface area contributed by atoms with E-state index in [2.05, 4.69) is 217 Å². The van der Waals surface area contributed by atoms with Gasteiger partial charge in [-0.2, -0.15) is 0 Å². The van der Waals surface area contributed by atoms with Gasteiger partial charge in [-0.3, -0.25) is 0 Å². The maximum absolute atomic E-state index is 6.40. The average molecular weight is 740 g/mol. The van der Waals surface area contributed by atoms with Gasteiger partial charge < -0.3 is 9.32 Å². The fraction of sp³-hybridized carbons (Fsp3) is 0. The molecule has 0 amide bonds. The van der Waals surface area contributed by atoms with Gasteiger partial charge in [0.05, 0.1) is 0 Å². The molecule has 0 N–H and O–H groups in total. The third-order valence-corrected chi connectivity index (χ3v) is 11.5. The Morgan fingerprint density at radius 1 is 0.259 bits per heavy atom. The molecule has 0 radical (unpaired) electrons. The molecule has 2 heteroatoms. The Labute approximate surface area is 337 Å². The number of rotatable bonds is 7. The molecule has 0 saturated carbocycles. The molecule has 10 aromatic carbocycles. The lowest BCUT2D eigenvalue weighted by Gasteiger charge is -2.26. The summed E-state index contributed by atoms with van der Waals surface area (Å²) in [4.78, 5) is 2.32. The van der Waals surface area contributed by atoms with Crippen LogP contribution in [0.25, 0.3) is 88.0 Å². The van der Waals surface area contributed by atoms with E-state index in [9.17, 15) is 0 Å². The lowest BCUT2D eigenvalue weighted by atomic mass is 9.82. The van der Waals surface area contributed by atoms with Crippen molar-refractivity contribution in [1.82, 2.24) is 0 Å². The zero-order valence-electron chi connectivity index (χ0n) is 31.7. The average Bonchev–Trinajstić information content (AvgIpc) is 3.68. The normalized spacial score (nSPS) is 11.4. The van der Waals surface area contributed by atoms with Crippen molar-refractivity contribution in [2.75, 3.05) is 4.90 Å². The molecule has 0 aliphatic carbocycles. The minimum absolute atomic E-state index is 0.868. The van der Waals surface area contributed by atoms with Crippen LogP contribution in [0.5, 0.6) is 0 Å². The molecule has 0 bridgehead atoms. The standard InChI is InChI=1S/C56H37NO/c1-3-15-38(16-4-1)39-27-31-42(32-28-39)57(44-35-36-49-48-22-13-14-26-53(48)58-54(49)37-44)43-33-29-40(30-34-43)45-19-7-10-23-50(45)56-52-25-12-9-21-47(52)46-20-8-11-24-51(46)55(56)41-17-5-2-6-18-41/h1-37H. The zero-order valence-corrected chi connectivity index (χ0v) is 31.7. The Kier molecular flexibility index (Phi) is 8.19. The number of benzene rings is 10. The van der Waals surface area contributed by atoms with Gasteiger partial charge in [-0.15, -0.1) is 0 Å². The number of anilines is 3. The second-order valence-electron chi connectivity index (χ2n) is 14.8. The summed E-state index contributed by atoms with van der Waals surface area (Å²) < 4.78 is 6.40. The molecule has 2 nitrogen and oxygen atoms in total. The van der Waals surface area contributed by atoms with Gasteiger partial charge in [-0.1, -0.05) is 176 Å². The van der Waals surface area contributed by atoms with Crippen LogP contribution < -0.4 is 4.90 Å². The summed E-state index contributed by atoms with van der Waals surface area (Å²) in [6.07, 6.45) is 0. The third kappa shape index (κ3) is 5.74. The van der Waals surface area contributed by atoms with E-state index in [1.54, 1.807) is 0 Å². The Bertz CT molecular complexity index is 3250. The van der Waals surface area contributed by atoms with Gasteiger partial charge in [0.2, 0.25) is 0 Å². The monoisotopic (exact) mass is 739 g/mol. The summed E-state index contributed by atoms with van der Waals surface area (Å²) >= 11 is 0. The molecule has 58 heavy (non-hydrogen) atoms. The first kappa shape index (κ1) is 33.6. The molecule has 0 fully saturated rings. The maximum Gasteiger partial charge on any atom is 0.137 e. The molecule has 11 rings (SSSR count). The van der Waals surface area contributed by atoms with Crippen molar-refractivity contribution in [3.63, 3.8) is 0 Å². The van der Waals surface area contributed by atoms with E-state index in [1.165, 1.54) is 60.5 Å². The van der Waals surface area contributed by atoms with Crippen molar-refractivity contribution < 1.29 is 4.42 Å².